The van der Waals surface area contributed by atoms with Gasteiger partial charge in [-0.05, 0) is 12.8 Å². The summed E-state index contributed by atoms with van der Waals surface area (Å²) in [5.74, 6) is 0.916. The van der Waals surface area contributed by atoms with Crippen molar-refractivity contribution >= 4 is 0 Å². The van der Waals surface area contributed by atoms with E-state index in [2.05, 4.69) is 15.2 Å². The van der Waals surface area contributed by atoms with Crippen LogP contribution < -0.4 is 5.73 Å². The van der Waals surface area contributed by atoms with Crippen molar-refractivity contribution in [2.75, 3.05) is 0 Å². The smallest absolute Gasteiger partial charge is 0.137 e. The number of rotatable bonds is 2. The first-order valence-corrected chi connectivity index (χ1v) is 4.42. The Morgan fingerprint density at radius 3 is 2.83 bits per heavy atom. The number of aromatic nitrogens is 3. The number of aromatic amines is 1. The van der Waals surface area contributed by atoms with E-state index in [0.717, 1.165) is 25.1 Å². The van der Waals surface area contributed by atoms with Gasteiger partial charge in [0.05, 0.1) is 0 Å². The Kier molecular flexibility index (Phi) is 1.84. The molecule has 4 heteroatoms. The van der Waals surface area contributed by atoms with E-state index < -0.39 is 0 Å². The minimum atomic E-state index is -0.0144. The number of nitrogens with zero attached hydrogens (tertiary/aromatic N) is 2. The molecule has 0 aromatic carbocycles. The molecule has 0 saturated heterocycles. The second-order valence-electron chi connectivity index (χ2n) is 3.68. The summed E-state index contributed by atoms with van der Waals surface area (Å²) in [6, 6.07) is 0. The molecular weight excluding hydrogens is 152 g/mol. The largest absolute Gasteiger partial charge is 0.325 e. The highest BCUT2D eigenvalue weighted by atomic mass is 15.2. The van der Waals surface area contributed by atoms with E-state index in [9.17, 15) is 0 Å². The molecule has 0 bridgehead atoms. The molecule has 0 atom stereocenters. The van der Waals surface area contributed by atoms with E-state index in [0.29, 0.717) is 0 Å². The molecule has 1 aromatic rings. The van der Waals surface area contributed by atoms with Gasteiger partial charge >= 0.3 is 0 Å². The van der Waals surface area contributed by atoms with Crippen LogP contribution in [0.5, 0.6) is 0 Å². The van der Waals surface area contributed by atoms with Crippen LogP contribution in [-0.2, 0) is 6.42 Å². The summed E-state index contributed by atoms with van der Waals surface area (Å²) in [5, 5.41) is 6.65. The number of nitrogens with one attached hydrogen (secondary N) is 1. The van der Waals surface area contributed by atoms with Crippen molar-refractivity contribution in [2.24, 2.45) is 5.73 Å². The minimum absolute atomic E-state index is 0.0144. The number of hydrogen-bond acceptors (Lipinski definition) is 3. The minimum Gasteiger partial charge on any atom is -0.325 e. The summed E-state index contributed by atoms with van der Waals surface area (Å²) in [6.45, 7) is 0. The van der Waals surface area contributed by atoms with Crippen molar-refractivity contribution in [2.45, 2.75) is 37.6 Å². The number of H-pyrrole nitrogens is 1. The third kappa shape index (κ3) is 1.48. The zero-order chi connectivity index (χ0) is 8.44. The van der Waals surface area contributed by atoms with E-state index in [1.807, 2.05) is 0 Å². The third-order valence-corrected chi connectivity index (χ3v) is 2.58. The van der Waals surface area contributed by atoms with Crippen molar-refractivity contribution in [3.63, 3.8) is 0 Å². The molecule has 12 heavy (non-hydrogen) atoms. The van der Waals surface area contributed by atoms with Crippen molar-refractivity contribution in [3.05, 3.63) is 12.2 Å². The average Bonchev–Trinajstić information content (AvgIpc) is 2.62. The van der Waals surface area contributed by atoms with Crippen LogP contribution in [-0.4, -0.2) is 20.7 Å². The summed E-state index contributed by atoms with van der Waals surface area (Å²) >= 11 is 0. The van der Waals surface area contributed by atoms with Gasteiger partial charge in [-0.2, -0.15) is 5.10 Å². The lowest BCUT2D eigenvalue weighted by Gasteiger charge is -2.21. The Labute approximate surface area is 71.6 Å². The molecule has 0 radical (unpaired) electrons. The fourth-order valence-electron chi connectivity index (χ4n) is 1.91. The molecular formula is C8H14N4. The summed E-state index contributed by atoms with van der Waals surface area (Å²) in [5.41, 5.74) is 6.15. The van der Waals surface area contributed by atoms with E-state index in [1.54, 1.807) is 0 Å². The van der Waals surface area contributed by atoms with Gasteiger partial charge in [0.1, 0.15) is 12.2 Å². The molecule has 0 amide bonds. The van der Waals surface area contributed by atoms with E-state index in [1.165, 1.54) is 19.2 Å². The second-order valence-corrected chi connectivity index (χ2v) is 3.68. The third-order valence-electron chi connectivity index (χ3n) is 2.58. The zero-order valence-corrected chi connectivity index (χ0v) is 7.08. The molecule has 1 fully saturated rings. The first-order valence-electron chi connectivity index (χ1n) is 4.42. The van der Waals surface area contributed by atoms with E-state index >= 15 is 0 Å². The van der Waals surface area contributed by atoms with Gasteiger partial charge in [-0.3, -0.25) is 5.10 Å². The van der Waals surface area contributed by atoms with Crippen molar-refractivity contribution < 1.29 is 0 Å². The molecule has 1 heterocycles. The highest BCUT2D eigenvalue weighted by molar-refractivity contribution is 4.98. The van der Waals surface area contributed by atoms with E-state index in [-0.39, 0.29) is 5.54 Å². The maximum absolute atomic E-state index is 6.16. The van der Waals surface area contributed by atoms with Crippen LogP contribution in [0.4, 0.5) is 0 Å². The lowest BCUT2D eigenvalue weighted by Crippen LogP contribution is -2.39. The summed E-state index contributed by atoms with van der Waals surface area (Å²) in [4.78, 5) is 4.08. The molecule has 1 saturated carbocycles. The highest BCUT2D eigenvalue weighted by Crippen LogP contribution is 2.29. The number of hydrogen-bond donors (Lipinski definition) is 2. The fourth-order valence-corrected chi connectivity index (χ4v) is 1.91. The SMILES string of the molecule is NC1(Cc2ncn[nH]2)CCCC1. The topological polar surface area (TPSA) is 67.6 Å². The van der Waals surface area contributed by atoms with Crippen LogP contribution in [0.1, 0.15) is 31.5 Å². The quantitative estimate of drug-likeness (QED) is 0.676. The normalized spacial score (nSPS) is 21.4. The zero-order valence-electron chi connectivity index (χ0n) is 7.08. The van der Waals surface area contributed by atoms with Gasteiger partial charge in [-0.25, -0.2) is 4.98 Å². The Balaban J connectivity index is 2.02. The average molecular weight is 166 g/mol. The van der Waals surface area contributed by atoms with Crippen LogP contribution in [0.2, 0.25) is 0 Å². The molecule has 1 aliphatic carbocycles. The van der Waals surface area contributed by atoms with Crippen molar-refractivity contribution in [1.82, 2.24) is 15.2 Å². The fraction of sp³-hybridized carbons (Fsp3) is 0.750. The predicted molar refractivity (Wildman–Crippen MR) is 45.5 cm³/mol. The van der Waals surface area contributed by atoms with Gasteiger partial charge in [0.2, 0.25) is 0 Å². The molecule has 1 aromatic heterocycles. The van der Waals surface area contributed by atoms with E-state index in [4.69, 9.17) is 5.73 Å². The maximum Gasteiger partial charge on any atom is 0.137 e. The standard InChI is InChI=1S/C8H14N4/c9-8(3-1-2-4-8)5-7-10-6-11-12-7/h6H,1-5,9H2,(H,10,11,12). The van der Waals surface area contributed by atoms with Gasteiger partial charge in [-0.15, -0.1) is 0 Å². The molecule has 0 spiro atoms. The monoisotopic (exact) mass is 166 g/mol. The van der Waals surface area contributed by atoms with Crippen LogP contribution in [0.3, 0.4) is 0 Å². The summed E-state index contributed by atoms with van der Waals surface area (Å²) in [7, 11) is 0. The molecule has 4 nitrogen and oxygen atoms in total. The van der Waals surface area contributed by atoms with Gasteiger partial charge < -0.3 is 5.73 Å². The molecule has 2 rings (SSSR count). The van der Waals surface area contributed by atoms with Gasteiger partial charge in [0.15, 0.2) is 0 Å². The van der Waals surface area contributed by atoms with Gasteiger partial charge in [0, 0.05) is 12.0 Å². The van der Waals surface area contributed by atoms with Crippen LogP contribution in [0.15, 0.2) is 6.33 Å². The lowest BCUT2D eigenvalue weighted by molar-refractivity contribution is 0.427. The van der Waals surface area contributed by atoms with Gasteiger partial charge in [0.25, 0.3) is 0 Å². The van der Waals surface area contributed by atoms with Crippen LogP contribution in [0.25, 0.3) is 0 Å². The molecule has 0 aliphatic heterocycles. The molecule has 1 aliphatic rings. The summed E-state index contributed by atoms with van der Waals surface area (Å²) < 4.78 is 0. The molecule has 0 unspecified atom stereocenters. The Morgan fingerprint density at radius 1 is 1.50 bits per heavy atom. The molecule has 3 N–H and O–H groups in total. The second kappa shape index (κ2) is 2.86. The molecule has 66 valence electrons. The summed E-state index contributed by atoms with van der Waals surface area (Å²) in [6.07, 6.45) is 7.12. The first-order chi connectivity index (χ1) is 5.79. The van der Waals surface area contributed by atoms with Crippen LogP contribution in [0, 0.1) is 0 Å². The predicted octanol–water partition coefficient (Wildman–Crippen LogP) is 0.619. The Bertz CT molecular complexity index is 236. The lowest BCUT2D eigenvalue weighted by atomic mass is 9.94. The van der Waals surface area contributed by atoms with Gasteiger partial charge in [-0.1, -0.05) is 12.8 Å². The Hall–Kier alpha value is -0.900. The highest BCUT2D eigenvalue weighted by Gasteiger charge is 2.30. The van der Waals surface area contributed by atoms with Crippen molar-refractivity contribution in [1.29, 1.82) is 0 Å². The first kappa shape index (κ1) is 7.73. The van der Waals surface area contributed by atoms with Crippen LogP contribution >= 0.6 is 0 Å². The number of nitrogens with two attached hydrogens (primary N) is 1. The Morgan fingerprint density at radius 2 is 2.25 bits per heavy atom. The maximum atomic E-state index is 6.16. The van der Waals surface area contributed by atoms with Crippen molar-refractivity contribution in [3.8, 4) is 0 Å².